The Morgan fingerprint density at radius 1 is 1.14 bits per heavy atom. The summed E-state index contributed by atoms with van der Waals surface area (Å²) in [6.07, 6.45) is 0. The standard InChI is InChI=1S/C14H13Cl2NO3S/c1-9-4-2-3-5-10(9)8-20-13-6-12(16)14(7-11(13)15)21(17,18)19/h2-7H,8H2,1H3,(H2,17,18,19). The highest BCUT2D eigenvalue weighted by Gasteiger charge is 2.17. The largest absolute Gasteiger partial charge is 0.487 e. The third-order valence-corrected chi connectivity index (χ3v) is 4.61. The van der Waals surface area contributed by atoms with Gasteiger partial charge in [0, 0.05) is 6.07 Å². The zero-order chi connectivity index (χ0) is 15.6. The normalized spacial score (nSPS) is 11.4. The Morgan fingerprint density at radius 3 is 2.43 bits per heavy atom. The third kappa shape index (κ3) is 3.89. The van der Waals surface area contributed by atoms with Gasteiger partial charge in [0.05, 0.1) is 10.0 Å². The summed E-state index contributed by atoms with van der Waals surface area (Å²) in [6, 6.07) is 10.3. The molecule has 0 spiro atoms. The van der Waals surface area contributed by atoms with Gasteiger partial charge in [0.15, 0.2) is 0 Å². The molecule has 21 heavy (non-hydrogen) atoms. The number of benzene rings is 2. The van der Waals surface area contributed by atoms with E-state index in [1.165, 1.54) is 12.1 Å². The molecular formula is C14H13Cl2NO3S. The summed E-state index contributed by atoms with van der Waals surface area (Å²) < 4.78 is 28.3. The van der Waals surface area contributed by atoms with Crippen LogP contribution in [0.3, 0.4) is 0 Å². The van der Waals surface area contributed by atoms with Gasteiger partial charge in [-0.2, -0.15) is 0 Å². The van der Waals surface area contributed by atoms with E-state index in [9.17, 15) is 8.42 Å². The van der Waals surface area contributed by atoms with Crippen LogP contribution in [0.1, 0.15) is 11.1 Å². The van der Waals surface area contributed by atoms with Gasteiger partial charge in [-0.25, -0.2) is 13.6 Å². The summed E-state index contributed by atoms with van der Waals surface area (Å²) in [5.41, 5.74) is 2.08. The van der Waals surface area contributed by atoms with Crippen LogP contribution in [0.25, 0.3) is 0 Å². The predicted molar refractivity (Wildman–Crippen MR) is 83.3 cm³/mol. The van der Waals surface area contributed by atoms with Crippen molar-refractivity contribution in [3.8, 4) is 5.75 Å². The number of nitrogens with two attached hydrogens (primary N) is 1. The number of primary sulfonamides is 1. The number of hydrogen-bond acceptors (Lipinski definition) is 3. The van der Waals surface area contributed by atoms with Crippen LogP contribution in [0, 0.1) is 6.92 Å². The number of rotatable bonds is 4. The molecule has 0 aliphatic rings. The van der Waals surface area contributed by atoms with Gasteiger partial charge >= 0.3 is 0 Å². The third-order valence-electron chi connectivity index (χ3n) is 2.94. The van der Waals surface area contributed by atoms with Crippen LogP contribution in [0.5, 0.6) is 5.75 Å². The molecule has 112 valence electrons. The lowest BCUT2D eigenvalue weighted by atomic mass is 10.1. The van der Waals surface area contributed by atoms with E-state index in [0.717, 1.165) is 11.1 Å². The molecule has 2 aromatic rings. The molecule has 4 nitrogen and oxygen atoms in total. The van der Waals surface area contributed by atoms with Crippen LogP contribution in [0.15, 0.2) is 41.3 Å². The zero-order valence-electron chi connectivity index (χ0n) is 11.1. The highest BCUT2D eigenvalue weighted by Crippen LogP contribution is 2.33. The van der Waals surface area contributed by atoms with Crippen LogP contribution >= 0.6 is 23.2 Å². The molecule has 7 heteroatoms. The second-order valence-electron chi connectivity index (χ2n) is 4.47. The zero-order valence-corrected chi connectivity index (χ0v) is 13.5. The molecule has 2 rings (SSSR count). The van der Waals surface area contributed by atoms with Gasteiger partial charge in [-0.3, -0.25) is 0 Å². The Balaban J connectivity index is 2.26. The van der Waals surface area contributed by atoms with Crippen molar-refractivity contribution in [2.75, 3.05) is 0 Å². The second kappa shape index (κ2) is 6.23. The summed E-state index contributed by atoms with van der Waals surface area (Å²) in [5, 5.41) is 5.16. The monoisotopic (exact) mass is 345 g/mol. The minimum Gasteiger partial charge on any atom is -0.487 e. The van der Waals surface area contributed by atoms with E-state index >= 15 is 0 Å². The SMILES string of the molecule is Cc1ccccc1COc1cc(Cl)c(S(N)(=O)=O)cc1Cl. The minimum absolute atomic E-state index is 0.0262. The topological polar surface area (TPSA) is 69.4 Å². The lowest BCUT2D eigenvalue weighted by Crippen LogP contribution is -2.13. The molecule has 0 aromatic heterocycles. The average molecular weight is 346 g/mol. The second-order valence-corrected chi connectivity index (χ2v) is 6.82. The van der Waals surface area contributed by atoms with Crippen molar-refractivity contribution in [2.24, 2.45) is 5.14 Å². The van der Waals surface area contributed by atoms with Crippen LogP contribution < -0.4 is 9.88 Å². The van der Waals surface area contributed by atoms with Gasteiger partial charge in [0.25, 0.3) is 0 Å². The number of ether oxygens (including phenoxy) is 1. The van der Waals surface area contributed by atoms with Crippen molar-refractivity contribution in [1.29, 1.82) is 0 Å². The maximum Gasteiger partial charge on any atom is 0.239 e. The maximum absolute atomic E-state index is 11.3. The molecule has 0 aliphatic heterocycles. The summed E-state index contributed by atoms with van der Waals surface area (Å²) >= 11 is 11.9. The molecule has 0 aliphatic carbocycles. The van der Waals surface area contributed by atoms with Gasteiger partial charge < -0.3 is 4.74 Å². The smallest absolute Gasteiger partial charge is 0.239 e. The number of sulfonamides is 1. The number of hydrogen-bond donors (Lipinski definition) is 1. The first-order chi connectivity index (χ1) is 9.79. The molecule has 2 N–H and O–H groups in total. The number of aryl methyl sites for hydroxylation is 1. The van der Waals surface area contributed by atoms with Gasteiger partial charge in [-0.15, -0.1) is 0 Å². The van der Waals surface area contributed by atoms with E-state index in [-0.39, 0.29) is 14.9 Å². The van der Waals surface area contributed by atoms with Crippen LogP contribution in [0.2, 0.25) is 10.0 Å². The van der Waals surface area contributed by atoms with E-state index < -0.39 is 10.0 Å². The van der Waals surface area contributed by atoms with E-state index in [1.54, 1.807) is 0 Å². The van der Waals surface area contributed by atoms with Crippen LogP contribution in [-0.2, 0) is 16.6 Å². The first-order valence-electron chi connectivity index (χ1n) is 5.98. The maximum atomic E-state index is 11.3. The molecule has 2 aromatic carbocycles. The first-order valence-corrected chi connectivity index (χ1v) is 8.28. The quantitative estimate of drug-likeness (QED) is 0.921. The molecule has 0 saturated carbocycles. The van der Waals surface area contributed by atoms with E-state index in [4.69, 9.17) is 33.1 Å². The predicted octanol–water partition coefficient (Wildman–Crippen LogP) is 3.53. The summed E-state index contributed by atoms with van der Waals surface area (Å²) in [5.74, 6) is 0.303. The van der Waals surface area contributed by atoms with E-state index in [0.29, 0.717) is 12.4 Å². The molecule has 0 unspecified atom stereocenters. The highest BCUT2D eigenvalue weighted by molar-refractivity contribution is 7.89. The fourth-order valence-corrected chi connectivity index (χ4v) is 3.14. The lowest BCUT2D eigenvalue weighted by molar-refractivity contribution is 0.305. The molecule has 0 atom stereocenters. The molecular weight excluding hydrogens is 333 g/mol. The molecule has 0 bridgehead atoms. The van der Waals surface area contributed by atoms with Gasteiger partial charge in [0.1, 0.15) is 17.3 Å². The first kappa shape index (κ1) is 16.1. The Morgan fingerprint density at radius 2 is 1.81 bits per heavy atom. The van der Waals surface area contributed by atoms with E-state index in [1.807, 2.05) is 31.2 Å². The Hall–Kier alpha value is -1.27. The van der Waals surface area contributed by atoms with Crippen molar-refractivity contribution in [3.05, 3.63) is 57.6 Å². The molecule has 0 amide bonds. The Labute approximate surface area is 133 Å². The average Bonchev–Trinajstić information content (AvgIpc) is 2.39. The van der Waals surface area contributed by atoms with E-state index in [2.05, 4.69) is 0 Å². The Bertz CT molecular complexity index is 776. The van der Waals surface area contributed by atoms with Crippen molar-refractivity contribution in [2.45, 2.75) is 18.4 Å². The lowest BCUT2D eigenvalue weighted by Gasteiger charge is -2.12. The van der Waals surface area contributed by atoms with Crippen molar-refractivity contribution in [1.82, 2.24) is 0 Å². The molecule has 0 fully saturated rings. The van der Waals surface area contributed by atoms with Crippen LogP contribution in [0.4, 0.5) is 0 Å². The molecule has 0 saturated heterocycles. The Kier molecular flexibility index (Phi) is 4.78. The highest BCUT2D eigenvalue weighted by atomic mass is 35.5. The van der Waals surface area contributed by atoms with Crippen molar-refractivity contribution < 1.29 is 13.2 Å². The van der Waals surface area contributed by atoms with Crippen LogP contribution in [-0.4, -0.2) is 8.42 Å². The fourth-order valence-electron chi connectivity index (χ4n) is 1.77. The number of halogens is 2. The molecule has 0 radical (unpaired) electrons. The summed E-state index contributed by atoms with van der Waals surface area (Å²) in [7, 11) is -3.92. The summed E-state index contributed by atoms with van der Waals surface area (Å²) in [6.45, 7) is 2.27. The van der Waals surface area contributed by atoms with Crippen molar-refractivity contribution in [3.63, 3.8) is 0 Å². The van der Waals surface area contributed by atoms with Gasteiger partial charge in [-0.05, 0) is 24.1 Å². The minimum atomic E-state index is -3.92. The fraction of sp³-hybridized carbons (Fsp3) is 0.143. The molecule has 0 heterocycles. The van der Waals surface area contributed by atoms with Gasteiger partial charge in [0.2, 0.25) is 10.0 Å². The summed E-state index contributed by atoms with van der Waals surface area (Å²) in [4.78, 5) is -0.225. The van der Waals surface area contributed by atoms with Crippen molar-refractivity contribution >= 4 is 33.2 Å². The van der Waals surface area contributed by atoms with Gasteiger partial charge in [-0.1, -0.05) is 47.5 Å².